The number of nitrogens with one attached hydrogen (secondary N) is 1. The normalized spacial score (nSPS) is 12.2. The van der Waals surface area contributed by atoms with Crippen molar-refractivity contribution in [3.63, 3.8) is 0 Å². The minimum Gasteiger partial charge on any atom is -0.481 e. The van der Waals surface area contributed by atoms with Crippen LogP contribution in [0, 0.1) is 9.39 Å². The van der Waals surface area contributed by atoms with E-state index >= 15 is 0 Å². The lowest BCUT2D eigenvalue weighted by Gasteiger charge is -2.14. The van der Waals surface area contributed by atoms with Gasteiger partial charge in [-0.25, -0.2) is 9.49 Å². The molecule has 0 spiro atoms. The van der Waals surface area contributed by atoms with E-state index in [1.807, 2.05) is 22.6 Å². The maximum atomic E-state index is 14.1. The topological polar surface area (TPSA) is 83.0 Å². The lowest BCUT2D eigenvalue weighted by molar-refractivity contribution is -0.138. The molecule has 24 heavy (non-hydrogen) atoms. The zero-order valence-electron chi connectivity index (χ0n) is 12.3. The summed E-state index contributed by atoms with van der Waals surface area (Å²) >= 11 is 1.99. The number of H-pyrrole nitrogens is 1. The van der Waals surface area contributed by atoms with Crippen molar-refractivity contribution in [1.82, 2.24) is 10.2 Å². The molecule has 1 heterocycles. The molecule has 0 fully saturated rings. The number of carboxylic acid groups (broad SMARTS) is 1. The summed E-state index contributed by atoms with van der Waals surface area (Å²) in [7, 11) is 0. The summed E-state index contributed by atoms with van der Waals surface area (Å²) in [5.41, 5.74) is 0.120. The number of rotatable bonds is 4. The number of nitrogens with zero attached hydrogens (tertiary/aromatic N) is 1. The Kier molecular flexibility index (Phi) is 4.61. The van der Waals surface area contributed by atoms with Crippen LogP contribution in [0.1, 0.15) is 17.2 Å². The van der Waals surface area contributed by atoms with E-state index in [1.54, 1.807) is 36.4 Å². The molecule has 0 bridgehead atoms. The van der Waals surface area contributed by atoms with Gasteiger partial charge in [-0.1, -0.05) is 24.3 Å². The van der Waals surface area contributed by atoms with Crippen molar-refractivity contribution in [2.24, 2.45) is 0 Å². The molecule has 122 valence electrons. The summed E-state index contributed by atoms with van der Waals surface area (Å²) in [6.07, 6.45) is -0.0544. The molecule has 5 nitrogen and oxygen atoms in total. The van der Waals surface area contributed by atoms with E-state index in [4.69, 9.17) is 0 Å². The van der Waals surface area contributed by atoms with Crippen LogP contribution in [0.15, 0.2) is 47.3 Å². The molecule has 1 atom stereocenters. The minimum absolute atomic E-state index is 0.0544. The first-order valence-electron chi connectivity index (χ1n) is 7.11. The molecule has 2 aromatic carbocycles. The van der Waals surface area contributed by atoms with Gasteiger partial charge in [-0.05, 0) is 52.8 Å². The van der Waals surface area contributed by atoms with Crippen molar-refractivity contribution >= 4 is 39.3 Å². The third-order valence-corrected chi connectivity index (χ3v) is 4.46. The average Bonchev–Trinajstić information content (AvgIpc) is 2.55. The summed E-state index contributed by atoms with van der Waals surface area (Å²) in [4.78, 5) is 23.6. The Morgan fingerprint density at radius 2 is 1.96 bits per heavy atom. The van der Waals surface area contributed by atoms with Crippen molar-refractivity contribution in [2.75, 3.05) is 0 Å². The summed E-state index contributed by atoms with van der Waals surface area (Å²) in [6, 6.07) is 11.3. The molecular formula is C17H12FIN2O3. The fourth-order valence-electron chi connectivity index (χ4n) is 2.61. The number of hydrogen-bond acceptors (Lipinski definition) is 3. The van der Waals surface area contributed by atoms with Gasteiger partial charge >= 0.3 is 5.97 Å². The fourth-order valence-corrected chi connectivity index (χ4v) is 3.06. The maximum Gasteiger partial charge on any atom is 0.313 e. The number of benzene rings is 2. The molecular weight excluding hydrogens is 426 g/mol. The number of aromatic amines is 1. The van der Waals surface area contributed by atoms with Crippen molar-refractivity contribution < 1.29 is 14.3 Å². The Hall–Kier alpha value is -2.29. The Labute approximate surface area is 149 Å². The second kappa shape index (κ2) is 6.68. The molecule has 0 saturated carbocycles. The zero-order valence-corrected chi connectivity index (χ0v) is 14.5. The molecule has 1 aromatic heterocycles. The fraction of sp³-hybridized carbons (Fsp3) is 0.118. The van der Waals surface area contributed by atoms with Crippen LogP contribution in [0.5, 0.6) is 0 Å². The van der Waals surface area contributed by atoms with Crippen LogP contribution < -0.4 is 5.56 Å². The highest BCUT2D eigenvalue weighted by atomic mass is 127. The van der Waals surface area contributed by atoms with Gasteiger partial charge in [0.25, 0.3) is 5.56 Å². The van der Waals surface area contributed by atoms with Crippen molar-refractivity contribution in [1.29, 1.82) is 0 Å². The minimum atomic E-state index is -1.13. The highest BCUT2D eigenvalue weighted by Crippen LogP contribution is 2.26. The third kappa shape index (κ3) is 3.16. The summed E-state index contributed by atoms with van der Waals surface area (Å²) in [5.74, 6) is -2.65. The van der Waals surface area contributed by atoms with Gasteiger partial charge < -0.3 is 5.11 Å². The number of fused-ring (bicyclic) bond motifs is 1. The molecule has 3 rings (SSSR count). The number of carbonyl (C=O) groups is 1. The van der Waals surface area contributed by atoms with Crippen LogP contribution in [-0.4, -0.2) is 21.3 Å². The van der Waals surface area contributed by atoms with Crippen molar-refractivity contribution in [2.45, 2.75) is 12.3 Å². The average molecular weight is 438 g/mol. The molecule has 1 unspecified atom stereocenters. The van der Waals surface area contributed by atoms with Gasteiger partial charge in [0.1, 0.15) is 11.7 Å². The highest BCUT2D eigenvalue weighted by molar-refractivity contribution is 14.1. The largest absolute Gasteiger partial charge is 0.481 e. The number of hydrogen-bond donors (Lipinski definition) is 2. The van der Waals surface area contributed by atoms with Gasteiger partial charge in [0.15, 0.2) is 0 Å². The first kappa shape index (κ1) is 16.6. The summed E-state index contributed by atoms with van der Waals surface area (Å²) in [6.45, 7) is 0. The molecule has 0 aliphatic carbocycles. The van der Waals surface area contributed by atoms with E-state index in [1.165, 1.54) is 6.07 Å². The van der Waals surface area contributed by atoms with Gasteiger partial charge in [-0.2, -0.15) is 5.10 Å². The molecule has 0 aliphatic heterocycles. The van der Waals surface area contributed by atoms with E-state index < -0.39 is 17.7 Å². The van der Waals surface area contributed by atoms with Crippen LogP contribution in [-0.2, 0) is 11.2 Å². The predicted octanol–water partition coefficient (Wildman–Crippen LogP) is 3.08. The number of aliphatic carboxylic acids is 1. The molecule has 0 amide bonds. The van der Waals surface area contributed by atoms with Gasteiger partial charge in [0.2, 0.25) is 0 Å². The Bertz CT molecular complexity index is 987. The highest BCUT2D eigenvalue weighted by Gasteiger charge is 2.26. The Morgan fingerprint density at radius 1 is 1.25 bits per heavy atom. The van der Waals surface area contributed by atoms with Crippen LogP contribution in [0.3, 0.4) is 0 Å². The lowest BCUT2D eigenvalue weighted by Crippen LogP contribution is -2.20. The predicted molar refractivity (Wildman–Crippen MR) is 95.6 cm³/mol. The second-order valence-electron chi connectivity index (χ2n) is 5.31. The van der Waals surface area contributed by atoms with Gasteiger partial charge in [0, 0.05) is 8.96 Å². The summed E-state index contributed by atoms with van der Waals surface area (Å²) < 4.78 is 14.8. The lowest BCUT2D eigenvalue weighted by atomic mass is 9.93. The van der Waals surface area contributed by atoms with Crippen molar-refractivity contribution in [3.05, 3.63) is 73.5 Å². The number of halogens is 2. The van der Waals surface area contributed by atoms with Gasteiger partial charge in [-0.3, -0.25) is 9.59 Å². The first-order chi connectivity index (χ1) is 11.5. The van der Waals surface area contributed by atoms with Crippen molar-refractivity contribution in [3.8, 4) is 0 Å². The number of carboxylic acids is 1. The monoisotopic (exact) mass is 438 g/mol. The molecule has 0 aliphatic rings. The van der Waals surface area contributed by atoms with Gasteiger partial charge in [-0.15, -0.1) is 0 Å². The third-order valence-electron chi connectivity index (χ3n) is 3.79. The maximum absolute atomic E-state index is 14.1. The standard InChI is InChI=1S/C17H12FIN2O3/c18-14-8-10(19)6-5-9(14)7-13(17(23)24)15-11-3-1-2-4-12(11)16(22)21-20-15/h1-6,8,13H,7H2,(H,21,22)(H,23,24). The molecule has 2 N–H and O–H groups in total. The SMILES string of the molecule is O=C(O)C(Cc1ccc(I)cc1F)c1n[nH]c(=O)c2ccccc12. The molecule has 7 heteroatoms. The van der Waals surface area contributed by atoms with E-state index in [0.29, 0.717) is 16.3 Å². The van der Waals surface area contributed by atoms with E-state index in [-0.39, 0.29) is 17.7 Å². The van der Waals surface area contributed by atoms with E-state index in [2.05, 4.69) is 10.2 Å². The van der Waals surface area contributed by atoms with E-state index in [0.717, 1.165) is 3.57 Å². The van der Waals surface area contributed by atoms with Crippen LogP contribution in [0.25, 0.3) is 10.8 Å². The van der Waals surface area contributed by atoms with E-state index in [9.17, 15) is 19.1 Å². The first-order valence-corrected chi connectivity index (χ1v) is 8.19. The summed E-state index contributed by atoms with van der Waals surface area (Å²) in [5, 5.41) is 16.7. The van der Waals surface area contributed by atoms with Crippen LogP contribution in [0.4, 0.5) is 4.39 Å². The molecule has 0 radical (unpaired) electrons. The number of aromatic nitrogens is 2. The quantitative estimate of drug-likeness (QED) is 0.614. The van der Waals surface area contributed by atoms with Gasteiger partial charge in [0.05, 0.1) is 11.1 Å². The molecule has 0 saturated heterocycles. The Balaban J connectivity index is 2.11. The smallest absolute Gasteiger partial charge is 0.313 e. The van der Waals surface area contributed by atoms with Crippen LogP contribution in [0.2, 0.25) is 0 Å². The zero-order chi connectivity index (χ0) is 17.3. The van der Waals surface area contributed by atoms with Crippen LogP contribution >= 0.6 is 22.6 Å². The second-order valence-corrected chi connectivity index (χ2v) is 6.56. The Morgan fingerprint density at radius 3 is 2.62 bits per heavy atom. The molecule has 3 aromatic rings.